The van der Waals surface area contributed by atoms with Gasteiger partial charge in [0, 0.05) is 0 Å². The Morgan fingerprint density at radius 3 is 3.08 bits per heavy atom. The van der Waals surface area contributed by atoms with Crippen LogP contribution in [0.25, 0.3) is 0 Å². The molecule has 1 unspecified atom stereocenters. The molecule has 1 saturated heterocycles. The molecule has 0 radical (unpaired) electrons. The second-order valence-electron chi connectivity index (χ2n) is 2.74. The number of hydrogen-bond acceptors (Lipinski definition) is 4. The summed E-state index contributed by atoms with van der Waals surface area (Å²) in [5.74, 6) is -0.183. The highest BCUT2D eigenvalue weighted by Gasteiger charge is 2.23. The molecule has 1 atom stereocenters. The molecular formula is C9H14O4. The Morgan fingerprint density at radius 2 is 2.46 bits per heavy atom. The minimum Gasteiger partial charge on any atom is -0.463 e. The molecule has 0 aromatic rings. The van der Waals surface area contributed by atoms with E-state index >= 15 is 0 Å². The van der Waals surface area contributed by atoms with Crippen molar-refractivity contribution in [2.75, 3.05) is 26.4 Å². The maximum Gasteiger partial charge on any atom is 0.308 e. The molecule has 0 N–H and O–H groups in total. The van der Waals surface area contributed by atoms with Gasteiger partial charge in [0.2, 0.25) is 0 Å². The summed E-state index contributed by atoms with van der Waals surface area (Å²) in [7, 11) is 0. The number of carbonyl (C=O) groups excluding carboxylic acids is 1. The highest BCUT2D eigenvalue weighted by atomic mass is 16.6. The number of carbonyl (C=O) groups is 1. The van der Waals surface area contributed by atoms with Crippen LogP contribution in [-0.2, 0) is 19.0 Å². The first kappa shape index (κ1) is 10.2. The zero-order chi connectivity index (χ0) is 9.52. The third kappa shape index (κ3) is 4.05. The molecule has 0 aromatic carbocycles. The van der Waals surface area contributed by atoms with E-state index in [1.807, 2.05) is 0 Å². The van der Waals surface area contributed by atoms with Gasteiger partial charge in [-0.3, -0.25) is 4.79 Å². The molecule has 1 rings (SSSR count). The number of ether oxygens (including phenoxy) is 3. The molecule has 4 nitrogen and oxygen atoms in total. The maximum atomic E-state index is 10.6. The summed E-state index contributed by atoms with van der Waals surface area (Å²) < 4.78 is 15.1. The molecule has 0 saturated carbocycles. The fraction of sp³-hybridized carbons (Fsp3) is 0.667. The molecule has 0 aromatic heterocycles. The van der Waals surface area contributed by atoms with Crippen molar-refractivity contribution < 1.29 is 19.0 Å². The van der Waals surface area contributed by atoms with Gasteiger partial charge in [-0.25, -0.2) is 0 Å². The van der Waals surface area contributed by atoms with Crippen LogP contribution >= 0.6 is 0 Å². The largest absolute Gasteiger partial charge is 0.463 e. The van der Waals surface area contributed by atoms with Crippen molar-refractivity contribution in [3.63, 3.8) is 0 Å². The number of esters is 1. The van der Waals surface area contributed by atoms with Crippen LogP contribution in [0.3, 0.4) is 0 Å². The van der Waals surface area contributed by atoms with Gasteiger partial charge in [-0.1, -0.05) is 6.08 Å². The summed E-state index contributed by atoms with van der Waals surface area (Å²) in [5.41, 5.74) is 0. The van der Waals surface area contributed by atoms with Crippen molar-refractivity contribution in [3.05, 3.63) is 12.7 Å². The molecule has 0 aliphatic carbocycles. The first-order valence-electron chi connectivity index (χ1n) is 4.29. The summed E-state index contributed by atoms with van der Waals surface area (Å²) in [6, 6.07) is 0. The van der Waals surface area contributed by atoms with Gasteiger partial charge >= 0.3 is 5.97 Å². The van der Waals surface area contributed by atoms with Crippen molar-refractivity contribution in [3.8, 4) is 0 Å². The van der Waals surface area contributed by atoms with E-state index in [-0.39, 0.29) is 12.1 Å². The van der Waals surface area contributed by atoms with Crippen LogP contribution in [0.2, 0.25) is 0 Å². The summed E-state index contributed by atoms with van der Waals surface area (Å²) >= 11 is 0. The molecular weight excluding hydrogens is 172 g/mol. The average Bonchev–Trinajstić information content (AvgIpc) is 2.51. The molecule has 0 amide bonds. The SMILES string of the molecule is C=CCOCCOC1COC(=O)C1. The first-order chi connectivity index (χ1) is 6.33. The van der Waals surface area contributed by atoms with Crippen LogP contribution in [0.1, 0.15) is 6.42 Å². The van der Waals surface area contributed by atoms with E-state index < -0.39 is 0 Å². The Balaban J connectivity index is 1.94. The van der Waals surface area contributed by atoms with Crippen molar-refractivity contribution >= 4 is 5.97 Å². The second kappa shape index (κ2) is 5.72. The minimum atomic E-state index is -0.183. The molecule has 1 fully saturated rings. The minimum absolute atomic E-state index is 0.0835. The molecule has 1 aliphatic rings. The predicted molar refractivity (Wildman–Crippen MR) is 46.3 cm³/mol. The zero-order valence-corrected chi connectivity index (χ0v) is 7.53. The topological polar surface area (TPSA) is 44.8 Å². The summed E-state index contributed by atoms with van der Waals surface area (Å²) in [6.07, 6.45) is 1.96. The van der Waals surface area contributed by atoms with Gasteiger partial charge in [-0.15, -0.1) is 6.58 Å². The number of cyclic esters (lactones) is 1. The van der Waals surface area contributed by atoms with E-state index in [1.165, 1.54) is 0 Å². The fourth-order valence-corrected chi connectivity index (χ4v) is 1.04. The molecule has 4 heteroatoms. The average molecular weight is 186 g/mol. The molecule has 0 bridgehead atoms. The summed E-state index contributed by atoms with van der Waals surface area (Å²) in [6.45, 7) is 5.44. The van der Waals surface area contributed by atoms with E-state index in [0.717, 1.165) is 0 Å². The van der Waals surface area contributed by atoms with Crippen LogP contribution in [0.5, 0.6) is 0 Å². The van der Waals surface area contributed by atoms with Crippen molar-refractivity contribution in [2.45, 2.75) is 12.5 Å². The second-order valence-corrected chi connectivity index (χ2v) is 2.74. The molecule has 13 heavy (non-hydrogen) atoms. The number of hydrogen-bond donors (Lipinski definition) is 0. The summed E-state index contributed by atoms with van der Waals surface area (Å²) in [4.78, 5) is 10.6. The molecule has 1 heterocycles. The highest BCUT2D eigenvalue weighted by Crippen LogP contribution is 2.09. The Bertz CT molecular complexity index is 178. The van der Waals surface area contributed by atoms with Crippen LogP contribution in [0.4, 0.5) is 0 Å². The van der Waals surface area contributed by atoms with Gasteiger partial charge in [0.15, 0.2) is 0 Å². The lowest BCUT2D eigenvalue weighted by Gasteiger charge is -2.07. The van der Waals surface area contributed by atoms with Crippen molar-refractivity contribution in [1.82, 2.24) is 0 Å². The van der Waals surface area contributed by atoms with Gasteiger partial charge < -0.3 is 14.2 Å². The van der Waals surface area contributed by atoms with E-state index in [9.17, 15) is 4.79 Å². The van der Waals surface area contributed by atoms with Crippen LogP contribution in [0, 0.1) is 0 Å². The summed E-state index contributed by atoms with van der Waals surface area (Å²) in [5, 5.41) is 0. The third-order valence-electron chi connectivity index (χ3n) is 1.64. The maximum absolute atomic E-state index is 10.6. The monoisotopic (exact) mass is 186 g/mol. The lowest BCUT2D eigenvalue weighted by molar-refractivity contribution is -0.137. The quantitative estimate of drug-likeness (QED) is 0.344. The fourth-order valence-electron chi connectivity index (χ4n) is 1.04. The van der Waals surface area contributed by atoms with Crippen LogP contribution < -0.4 is 0 Å². The Morgan fingerprint density at radius 1 is 1.62 bits per heavy atom. The standard InChI is InChI=1S/C9H14O4/c1-2-3-11-4-5-12-8-6-9(10)13-7-8/h2,8H,1,3-7H2. The normalized spacial score (nSPS) is 21.5. The van der Waals surface area contributed by atoms with Gasteiger partial charge in [-0.2, -0.15) is 0 Å². The lowest BCUT2D eigenvalue weighted by atomic mass is 10.3. The zero-order valence-electron chi connectivity index (χ0n) is 7.53. The molecule has 0 spiro atoms. The van der Waals surface area contributed by atoms with Crippen LogP contribution in [0.15, 0.2) is 12.7 Å². The third-order valence-corrected chi connectivity index (χ3v) is 1.64. The Hall–Kier alpha value is -0.870. The van der Waals surface area contributed by atoms with E-state index in [2.05, 4.69) is 6.58 Å². The Labute approximate surface area is 77.5 Å². The van der Waals surface area contributed by atoms with Gasteiger partial charge in [-0.05, 0) is 0 Å². The van der Waals surface area contributed by atoms with E-state index in [0.29, 0.717) is 32.8 Å². The predicted octanol–water partition coefficient (Wildman–Crippen LogP) is 0.521. The van der Waals surface area contributed by atoms with Gasteiger partial charge in [0.25, 0.3) is 0 Å². The molecule has 74 valence electrons. The highest BCUT2D eigenvalue weighted by molar-refractivity contribution is 5.71. The van der Waals surface area contributed by atoms with Gasteiger partial charge in [0.1, 0.15) is 12.7 Å². The van der Waals surface area contributed by atoms with E-state index in [1.54, 1.807) is 6.08 Å². The molecule has 1 aliphatic heterocycles. The van der Waals surface area contributed by atoms with E-state index in [4.69, 9.17) is 14.2 Å². The lowest BCUT2D eigenvalue weighted by Crippen LogP contribution is -2.16. The smallest absolute Gasteiger partial charge is 0.308 e. The number of rotatable bonds is 6. The van der Waals surface area contributed by atoms with Crippen molar-refractivity contribution in [1.29, 1.82) is 0 Å². The van der Waals surface area contributed by atoms with Crippen LogP contribution in [-0.4, -0.2) is 38.5 Å². The first-order valence-corrected chi connectivity index (χ1v) is 4.29. The Kier molecular flexibility index (Phi) is 4.49. The van der Waals surface area contributed by atoms with Gasteiger partial charge in [0.05, 0.1) is 26.2 Å². The van der Waals surface area contributed by atoms with Crippen molar-refractivity contribution in [2.24, 2.45) is 0 Å².